The minimum Gasteiger partial charge on any atom is -0.490 e. The molecule has 1 fully saturated rings. The summed E-state index contributed by atoms with van der Waals surface area (Å²) in [4.78, 5) is 11.5. The van der Waals surface area contributed by atoms with E-state index in [1.165, 1.54) is 0 Å². The van der Waals surface area contributed by atoms with E-state index in [0.29, 0.717) is 29.7 Å². The van der Waals surface area contributed by atoms with Crippen molar-refractivity contribution in [3.05, 3.63) is 22.7 Å². The summed E-state index contributed by atoms with van der Waals surface area (Å²) in [6.07, 6.45) is 4.34. The maximum Gasteiger partial charge on any atom is 0.243 e. The molecule has 1 aliphatic rings. The lowest BCUT2D eigenvalue weighted by Crippen LogP contribution is -2.18. The van der Waals surface area contributed by atoms with Gasteiger partial charge >= 0.3 is 0 Å². The molecule has 0 bridgehead atoms. The molecular weight excluding hydrogens is 304 g/mol. The van der Waals surface area contributed by atoms with Gasteiger partial charge in [0.1, 0.15) is 0 Å². The van der Waals surface area contributed by atoms with Crippen LogP contribution in [0.2, 0.25) is 5.02 Å². The summed E-state index contributed by atoms with van der Waals surface area (Å²) in [6, 6.07) is 3.54. The van der Waals surface area contributed by atoms with Crippen molar-refractivity contribution in [3.8, 4) is 11.5 Å². The minimum atomic E-state index is -0.0322. The van der Waals surface area contributed by atoms with Crippen LogP contribution >= 0.6 is 11.6 Å². The molecule has 0 heterocycles. The maximum atomic E-state index is 11.5. The molecule has 1 saturated carbocycles. The van der Waals surface area contributed by atoms with Crippen LogP contribution in [0.5, 0.6) is 11.5 Å². The van der Waals surface area contributed by atoms with Crippen molar-refractivity contribution in [2.45, 2.75) is 33.1 Å². The minimum absolute atomic E-state index is 0.0322. The quantitative estimate of drug-likeness (QED) is 0.589. The number of carbonyl (C=O) groups is 1. The van der Waals surface area contributed by atoms with Crippen LogP contribution in [-0.4, -0.2) is 25.3 Å². The molecule has 0 aromatic heterocycles. The number of hydrazone groups is 1. The van der Waals surface area contributed by atoms with Crippen LogP contribution in [0, 0.1) is 5.92 Å². The highest BCUT2D eigenvalue weighted by Gasteiger charge is 2.29. The third-order valence-electron chi connectivity index (χ3n) is 3.12. The summed E-state index contributed by atoms with van der Waals surface area (Å²) in [5.74, 6) is 1.22. The van der Waals surface area contributed by atoms with Gasteiger partial charge in [-0.2, -0.15) is 5.10 Å². The first-order chi connectivity index (χ1) is 10.7. The number of hydrogen-bond donors (Lipinski definition) is 1. The SMILES string of the molecule is CCCOc1c(Cl)cc(/C=N\NC(=O)C2CC2)cc1OCC. The monoisotopic (exact) mass is 324 g/mol. The lowest BCUT2D eigenvalue weighted by Gasteiger charge is -2.13. The number of carbonyl (C=O) groups excluding carboxylic acids is 1. The van der Waals surface area contributed by atoms with Crippen LogP contribution < -0.4 is 14.9 Å². The number of halogens is 1. The molecule has 0 saturated heterocycles. The second kappa shape index (κ2) is 8.03. The lowest BCUT2D eigenvalue weighted by molar-refractivity contribution is -0.122. The first kappa shape index (κ1) is 16.6. The van der Waals surface area contributed by atoms with Crippen LogP contribution in [0.15, 0.2) is 17.2 Å². The van der Waals surface area contributed by atoms with Gasteiger partial charge in [-0.05, 0) is 43.9 Å². The number of nitrogens with one attached hydrogen (secondary N) is 1. The molecule has 0 unspecified atom stereocenters. The Morgan fingerprint density at radius 3 is 2.82 bits per heavy atom. The zero-order chi connectivity index (χ0) is 15.9. The second-order valence-corrected chi connectivity index (χ2v) is 5.53. The average Bonchev–Trinajstić information content (AvgIpc) is 3.31. The van der Waals surface area contributed by atoms with Gasteiger partial charge in [-0.1, -0.05) is 18.5 Å². The van der Waals surface area contributed by atoms with Crippen molar-refractivity contribution in [2.75, 3.05) is 13.2 Å². The maximum absolute atomic E-state index is 11.5. The van der Waals surface area contributed by atoms with Gasteiger partial charge in [-0.3, -0.25) is 4.79 Å². The van der Waals surface area contributed by atoms with Crippen LogP contribution in [-0.2, 0) is 4.79 Å². The molecule has 0 atom stereocenters. The summed E-state index contributed by atoms with van der Waals surface area (Å²) in [7, 11) is 0. The molecule has 22 heavy (non-hydrogen) atoms. The van der Waals surface area contributed by atoms with Gasteiger partial charge < -0.3 is 9.47 Å². The molecule has 5 nitrogen and oxygen atoms in total. The molecule has 120 valence electrons. The van der Waals surface area contributed by atoms with E-state index in [1.54, 1.807) is 18.3 Å². The molecule has 1 aromatic rings. The summed E-state index contributed by atoms with van der Waals surface area (Å²) < 4.78 is 11.2. The number of ether oxygens (including phenoxy) is 2. The Hall–Kier alpha value is -1.75. The topological polar surface area (TPSA) is 59.9 Å². The van der Waals surface area contributed by atoms with E-state index in [4.69, 9.17) is 21.1 Å². The third kappa shape index (κ3) is 4.63. The number of hydrogen-bond acceptors (Lipinski definition) is 4. The molecule has 1 aliphatic carbocycles. The van der Waals surface area contributed by atoms with Crippen molar-refractivity contribution in [1.82, 2.24) is 5.43 Å². The summed E-state index contributed by atoms with van der Waals surface area (Å²) in [6.45, 7) is 5.01. The Labute approximate surface area is 135 Å². The number of nitrogens with zero attached hydrogens (tertiary/aromatic N) is 1. The predicted molar refractivity (Wildman–Crippen MR) is 86.9 cm³/mol. The van der Waals surface area contributed by atoms with Crippen molar-refractivity contribution in [1.29, 1.82) is 0 Å². The Bertz CT molecular complexity index is 557. The predicted octanol–water partition coefficient (Wildman–Crippen LogP) is 3.39. The smallest absolute Gasteiger partial charge is 0.243 e. The lowest BCUT2D eigenvalue weighted by atomic mass is 10.2. The highest BCUT2D eigenvalue weighted by Crippen LogP contribution is 2.36. The largest absolute Gasteiger partial charge is 0.490 e. The van der Waals surface area contributed by atoms with Gasteiger partial charge in [0.25, 0.3) is 0 Å². The summed E-state index contributed by atoms with van der Waals surface area (Å²) in [5.41, 5.74) is 3.27. The summed E-state index contributed by atoms with van der Waals surface area (Å²) in [5, 5.41) is 4.42. The van der Waals surface area contributed by atoms with Gasteiger partial charge in [0.2, 0.25) is 5.91 Å². The average molecular weight is 325 g/mol. The fourth-order valence-corrected chi connectivity index (χ4v) is 2.15. The Morgan fingerprint density at radius 1 is 1.41 bits per heavy atom. The number of rotatable bonds is 8. The van der Waals surface area contributed by atoms with Crippen molar-refractivity contribution >= 4 is 23.7 Å². The highest BCUT2D eigenvalue weighted by molar-refractivity contribution is 6.32. The molecule has 6 heteroatoms. The molecule has 1 amide bonds. The van der Waals surface area contributed by atoms with Gasteiger partial charge in [0.05, 0.1) is 24.5 Å². The highest BCUT2D eigenvalue weighted by atomic mass is 35.5. The Balaban J connectivity index is 2.10. The molecule has 0 aliphatic heterocycles. The fraction of sp³-hybridized carbons (Fsp3) is 0.500. The van der Waals surface area contributed by atoms with Crippen molar-refractivity contribution in [3.63, 3.8) is 0 Å². The van der Waals surface area contributed by atoms with E-state index in [-0.39, 0.29) is 11.8 Å². The van der Waals surface area contributed by atoms with E-state index >= 15 is 0 Å². The third-order valence-corrected chi connectivity index (χ3v) is 3.40. The van der Waals surface area contributed by atoms with E-state index in [1.807, 2.05) is 13.8 Å². The molecule has 0 spiro atoms. The molecule has 1 N–H and O–H groups in total. The van der Waals surface area contributed by atoms with Gasteiger partial charge in [-0.15, -0.1) is 0 Å². The first-order valence-corrected chi connectivity index (χ1v) is 7.95. The van der Waals surface area contributed by atoms with Crippen LogP contribution in [0.1, 0.15) is 38.7 Å². The zero-order valence-electron chi connectivity index (χ0n) is 12.9. The van der Waals surface area contributed by atoms with E-state index < -0.39 is 0 Å². The Morgan fingerprint density at radius 2 is 2.18 bits per heavy atom. The van der Waals surface area contributed by atoms with E-state index in [0.717, 1.165) is 24.8 Å². The normalized spacial score (nSPS) is 14.1. The number of amides is 1. The molecule has 0 radical (unpaired) electrons. The van der Waals surface area contributed by atoms with Crippen LogP contribution in [0.3, 0.4) is 0 Å². The standard InChI is InChI=1S/C16H21ClN2O3/c1-3-7-22-15-13(17)8-11(9-14(15)21-4-2)10-18-19-16(20)12-5-6-12/h8-10,12H,3-7H2,1-2H3,(H,19,20)/b18-10-. The second-order valence-electron chi connectivity index (χ2n) is 5.12. The van der Waals surface area contributed by atoms with Crippen LogP contribution in [0.25, 0.3) is 0 Å². The molecular formula is C16H21ClN2O3. The first-order valence-electron chi connectivity index (χ1n) is 7.57. The van der Waals surface area contributed by atoms with Gasteiger partial charge in [0, 0.05) is 5.92 Å². The molecule has 2 rings (SSSR count). The fourth-order valence-electron chi connectivity index (χ4n) is 1.88. The number of benzene rings is 1. The van der Waals surface area contributed by atoms with Gasteiger partial charge in [0.15, 0.2) is 11.5 Å². The van der Waals surface area contributed by atoms with Crippen LogP contribution in [0.4, 0.5) is 0 Å². The van der Waals surface area contributed by atoms with E-state index in [2.05, 4.69) is 10.5 Å². The van der Waals surface area contributed by atoms with Gasteiger partial charge in [-0.25, -0.2) is 5.43 Å². The van der Waals surface area contributed by atoms with Crippen molar-refractivity contribution in [2.24, 2.45) is 11.0 Å². The summed E-state index contributed by atoms with van der Waals surface area (Å²) >= 11 is 6.25. The van der Waals surface area contributed by atoms with Crippen molar-refractivity contribution < 1.29 is 14.3 Å². The zero-order valence-corrected chi connectivity index (χ0v) is 13.7. The molecule has 1 aromatic carbocycles. The van der Waals surface area contributed by atoms with E-state index in [9.17, 15) is 4.79 Å². The Kier molecular flexibility index (Phi) is 6.07.